The van der Waals surface area contributed by atoms with Gasteiger partial charge >= 0.3 is 6.03 Å². The van der Waals surface area contributed by atoms with Crippen molar-refractivity contribution in [2.24, 2.45) is 17.4 Å². The molecule has 1 aliphatic rings. The molecule has 3 aromatic rings. The van der Waals surface area contributed by atoms with E-state index in [0.717, 1.165) is 0 Å². The van der Waals surface area contributed by atoms with Gasteiger partial charge in [0.15, 0.2) is 5.78 Å². The number of pyridine rings is 1. The van der Waals surface area contributed by atoms with Crippen LogP contribution in [0.1, 0.15) is 64.1 Å². The molecule has 0 unspecified atom stereocenters. The number of unbranched alkanes of at least 4 members (excludes halogenated alkanes) is 1. The summed E-state index contributed by atoms with van der Waals surface area (Å²) in [6.07, 6.45) is 5.57. The predicted octanol–water partition coefficient (Wildman–Crippen LogP) is 2.13. The van der Waals surface area contributed by atoms with Gasteiger partial charge in [-0.3, -0.25) is 14.4 Å². The number of Topliss-reactive ketones (excluding diaryl/α,β-unsaturated/α-hetero) is 1. The summed E-state index contributed by atoms with van der Waals surface area (Å²) in [5.74, 6) is -1.28. The summed E-state index contributed by atoms with van der Waals surface area (Å²) in [7, 11) is 1.53. The summed E-state index contributed by atoms with van der Waals surface area (Å²) < 4.78 is 1.69. The third-order valence-electron chi connectivity index (χ3n) is 6.65. The second kappa shape index (κ2) is 12.5. The first-order valence-electron chi connectivity index (χ1n) is 12.6. The van der Waals surface area contributed by atoms with Gasteiger partial charge in [-0.25, -0.2) is 14.8 Å². The Kier molecular flexibility index (Phi) is 9.15. The number of fused-ring (bicyclic) bond motifs is 1. The molecule has 12 nitrogen and oxygen atoms in total. The van der Waals surface area contributed by atoms with Gasteiger partial charge in [0.05, 0.1) is 11.1 Å². The van der Waals surface area contributed by atoms with Gasteiger partial charge in [0.25, 0.3) is 5.91 Å². The Bertz CT molecular complexity index is 1380. The van der Waals surface area contributed by atoms with Crippen molar-refractivity contribution in [3.63, 3.8) is 0 Å². The smallest absolute Gasteiger partial charge is 0.312 e. The zero-order valence-corrected chi connectivity index (χ0v) is 23.0. The number of carbonyl (C=O) groups is 4. The lowest BCUT2D eigenvalue weighted by Crippen LogP contribution is -2.33. The van der Waals surface area contributed by atoms with Gasteiger partial charge in [-0.05, 0) is 31.4 Å². The van der Waals surface area contributed by atoms with E-state index >= 15 is 0 Å². The Balaban J connectivity index is 1.43. The zero-order chi connectivity index (χ0) is 28.1. The lowest BCUT2D eigenvalue weighted by atomic mass is 9.94. The normalized spacial score (nSPS) is 17.8. The fraction of sp³-hybridized carbons (Fsp3) is 0.440. The minimum Gasteiger partial charge on any atom is -0.359 e. The molecule has 0 spiro atoms. The number of hydrogen-bond acceptors (Lipinski definition) is 8. The molecule has 0 bridgehead atoms. The van der Waals surface area contributed by atoms with Crippen LogP contribution in [-0.4, -0.2) is 69.1 Å². The molecule has 4 heterocycles. The molecular formula is C25H31ClN8O4S. The van der Waals surface area contributed by atoms with E-state index in [1.54, 1.807) is 39.2 Å². The predicted molar refractivity (Wildman–Crippen MR) is 147 cm³/mol. The maximum atomic E-state index is 13.4. The van der Waals surface area contributed by atoms with Crippen LogP contribution in [0.15, 0.2) is 29.9 Å². The monoisotopic (exact) mass is 574 g/mol. The third-order valence-corrected chi connectivity index (χ3v) is 7.82. The van der Waals surface area contributed by atoms with E-state index in [9.17, 15) is 19.2 Å². The lowest BCUT2D eigenvalue weighted by molar-refractivity contribution is -0.124. The average Bonchev–Trinajstić information content (AvgIpc) is 3.64. The first-order chi connectivity index (χ1) is 18.7. The second-order valence-electron chi connectivity index (χ2n) is 9.50. The van der Waals surface area contributed by atoms with Crippen LogP contribution in [0.3, 0.4) is 0 Å². The van der Waals surface area contributed by atoms with Gasteiger partial charge in [-0.15, -0.1) is 11.3 Å². The average molecular weight is 575 g/mol. The number of aromatic nitrogens is 3. The fourth-order valence-corrected chi connectivity index (χ4v) is 5.81. The van der Waals surface area contributed by atoms with Crippen molar-refractivity contribution in [2.75, 3.05) is 20.1 Å². The van der Waals surface area contributed by atoms with E-state index in [4.69, 9.17) is 23.1 Å². The van der Waals surface area contributed by atoms with Crippen LogP contribution in [0.2, 0.25) is 5.02 Å². The highest BCUT2D eigenvalue weighted by molar-refractivity contribution is 7.09. The number of rotatable bonds is 11. The molecule has 4 rings (SSSR count). The van der Waals surface area contributed by atoms with Crippen molar-refractivity contribution in [1.29, 1.82) is 0 Å². The number of nitrogens with one attached hydrogen (secondary N) is 2. The molecule has 0 radical (unpaired) electrons. The van der Waals surface area contributed by atoms with Crippen molar-refractivity contribution < 1.29 is 19.2 Å². The molecule has 3 aromatic heterocycles. The lowest BCUT2D eigenvalue weighted by Gasteiger charge is -2.21. The summed E-state index contributed by atoms with van der Waals surface area (Å²) in [6.45, 7) is 0.741. The zero-order valence-electron chi connectivity index (χ0n) is 21.4. The van der Waals surface area contributed by atoms with Crippen molar-refractivity contribution in [1.82, 2.24) is 29.9 Å². The number of carbonyl (C=O) groups excluding carboxylic acids is 4. The van der Waals surface area contributed by atoms with Crippen LogP contribution in [-0.2, 0) is 4.79 Å². The Hall–Kier alpha value is -3.55. The largest absolute Gasteiger partial charge is 0.359 e. The summed E-state index contributed by atoms with van der Waals surface area (Å²) in [4.78, 5) is 60.3. The molecule has 3 atom stereocenters. The van der Waals surface area contributed by atoms with Gasteiger partial charge in [-0.1, -0.05) is 18.0 Å². The molecular weight excluding hydrogens is 544 g/mol. The summed E-state index contributed by atoms with van der Waals surface area (Å²) in [5, 5.41) is 7.92. The summed E-state index contributed by atoms with van der Waals surface area (Å²) in [5.41, 5.74) is 12.4. The third kappa shape index (κ3) is 6.91. The molecule has 4 amide bonds. The Labute approximate surface area is 234 Å². The van der Waals surface area contributed by atoms with Crippen molar-refractivity contribution >= 4 is 52.2 Å². The number of likely N-dealkylation sites (tertiary alicyclic amines) is 1. The van der Waals surface area contributed by atoms with Gasteiger partial charge < -0.3 is 31.4 Å². The van der Waals surface area contributed by atoms with Gasteiger partial charge in [0, 0.05) is 56.3 Å². The molecule has 208 valence electrons. The Morgan fingerprint density at radius 3 is 2.72 bits per heavy atom. The fourth-order valence-electron chi connectivity index (χ4n) is 4.70. The molecule has 14 heteroatoms. The molecule has 0 aromatic carbocycles. The standard InChI is InChI=1S/C25H31ClN8O4S/c1-29-22(36)14(4-2-3-7-30-25(28)38)8-20(35)18-13-39-23(32-18)19-9-16(27)11-34(19)24(37)17-12-33-10-15(26)5-6-21(33)31-17/h5-6,10,12-14,16,19H,2-4,7-9,11,27H2,1H3,(H,29,36)(H3,28,30,38)/t14-,16-,19+/m1/s1. The molecule has 1 saturated heterocycles. The van der Waals surface area contributed by atoms with Crippen molar-refractivity contribution in [2.45, 2.75) is 44.2 Å². The maximum absolute atomic E-state index is 13.4. The molecule has 39 heavy (non-hydrogen) atoms. The number of halogens is 1. The number of amides is 4. The highest BCUT2D eigenvalue weighted by atomic mass is 35.5. The van der Waals surface area contributed by atoms with Crippen LogP contribution in [0.25, 0.3) is 5.65 Å². The molecule has 0 aliphatic carbocycles. The molecule has 6 N–H and O–H groups in total. The molecule has 0 saturated carbocycles. The highest BCUT2D eigenvalue weighted by Gasteiger charge is 2.38. The first kappa shape index (κ1) is 28.5. The summed E-state index contributed by atoms with van der Waals surface area (Å²) >= 11 is 7.35. The Morgan fingerprint density at radius 2 is 1.97 bits per heavy atom. The van der Waals surface area contributed by atoms with Crippen molar-refractivity contribution in [3.8, 4) is 0 Å². The van der Waals surface area contributed by atoms with E-state index in [1.807, 2.05) is 0 Å². The minimum atomic E-state index is -0.598. The van der Waals surface area contributed by atoms with Crippen LogP contribution < -0.4 is 22.1 Å². The van der Waals surface area contributed by atoms with E-state index in [2.05, 4.69) is 20.6 Å². The summed E-state index contributed by atoms with van der Waals surface area (Å²) in [6, 6.07) is 2.21. The maximum Gasteiger partial charge on any atom is 0.312 e. The van der Waals surface area contributed by atoms with E-state index in [1.165, 1.54) is 18.4 Å². The number of imidazole rings is 1. The number of hydrogen-bond donors (Lipinski definition) is 4. The van der Waals surface area contributed by atoms with E-state index in [0.29, 0.717) is 54.5 Å². The van der Waals surface area contributed by atoms with Crippen LogP contribution in [0.5, 0.6) is 0 Å². The van der Waals surface area contributed by atoms with E-state index < -0.39 is 11.9 Å². The topological polar surface area (TPSA) is 178 Å². The van der Waals surface area contributed by atoms with Gasteiger partial charge in [0.2, 0.25) is 5.91 Å². The number of urea groups is 1. The first-order valence-corrected chi connectivity index (χ1v) is 13.9. The molecule has 1 aliphatic heterocycles. The van der Waals surface area contributed by atoms with Gasteiger partial charge in [0.1, 0.15) is 22.0 Å². The van der Waals surface area contributed by atoms with Crippen LogP contribution in [0, 0.1) is 5.92 Å². The van der Waals surface area contributed by atoms with E-state index in [-0.39, 0.29) is 47.5 Å². The SMILES string of the molecule is CNC(=O)[C@H](CCCCNC(N)=O)CC(=O)c1csc([C@@H]2C[C@@H](N)CN2C(=O)c2cn3cc(Cl)ccc3n2)n1. The minimum absolute atomic E-state index is 0.00271. The number of thiazole rings is 1. The van der Waals surface area contributed by atoms with Crippen molar-refractivity contribution in [3.05, 3.63) is 51.3 Å². The highest BCUT2D eigenvalue weighted by Crippen LogP contribution is 2.35. The van der Waals surface area contributed by atoms with Crippen LogP contribution >= 0.6 is 22.9 Å². The number of ketones is 1. The molecule has 1 fully saturated rings. The quantitative estimate of drug-likeness (QED) is 0.200. The second-order valence-corrected chi connectivity index (χ2v) is 10.8. The Morgan fingerprint density at radius 1 is 1.18 bits per heavy atom. The number of nitrogens with zero attached hydrogens (tertiary/aromatic N) is 4. The van der Waals surface area contributed by atoms with Gasteiger partial charge in [-0.2, -0.15) is 0 Å². The van der Waals surface area contributed by atoms with Crippen LogP contribution in [0.4, 0.5) is 4.79 Å². The number of primary amides is 1. The number of nitrogens with two attached hydrogens (primary N) is 2.